The Labute approximate surface area is 172 Å². The van der Waals surface area contributed by atoms with E-state index in [1.54, 1.807) is 0 Å². The zero-order chi connectivity index (χ0) is 20.1. The van der Waals surface area contributed by atoms with E-state index in [0.717, 1.165) is 48.7 Å². The third-order valence-electron chi connectivity index (χ3n) is 5.26. The summed E-state index contributed by atoms with van der Waals surface area (Å²) in [6.07, 6.45) is 2.19. The predicted octanol–water partition coefficient (Wildman–Crippen LogP) is 5.21. The van der Waals surface area contributed by atoms with E-state index in [-0.39, 0.29) is 24.4 Å². The lowest BCUT2D eigenvalue weighted by Crippen LogP contribution is -2.11. The van der Waals surface area contributed by atoms with Crippen molar-refractivity contribution in [2.45, 2.75) is 51.1 Å². The standard InChI is InChI=1S/C24H30O5/c1-3-21(27-15-17-13-25-17)19-9-5-7-11-23(19)29-24-12-8-6-10-20(24)22(4-2)28-16-18-14-26-18/h5-12,17-18,21-22H,3-4,13-16H2,1-2H3. The molecule has 0 radical (unpaired) electrons. The topological polar surface area (TPSA) is 52.8 Å². The van der Waals surface area contributed by atoms with Gasteiger partial charge < -0.3 is 23.7 Å². The number of hydrogen-bond acceptors (Lipinski definition) is 5. The molecule has 0 spiro atoms. The molecule has 2 heterocycles. The van der Waals surface area contributed by atoms with Crippen LogP contribution in [-0.2, 0) is 18.9 Å². The average Bonchev–Trinajstić information content (AvgIpc) is 3.66. The fraction of sp³-hybridized carbons (Fsp3) is 0.500. The highest BCUT2D eigenvalue weighted by Crippen LogP contribution is 2.37. The lowest BCUT2D eigenvalue weighted by molar-refractivity contribution is 0.0365. The van der Waals surface area contributed by atoms with Gasteiger partial charge in [0.05, 0.1) is 38.6 Å². The quantitative estimate of drug-likeness (QED) is 0.459. The van der Waals surface area contributed by atoms with Gasteiger partial charge in [-0.1, -0.05) is 50.2 Å². The van der Waals surface area contributed by atoms with Gasteiger partial charge in [-0.25, -0.2) is 0 Å². The molecule has 29 heavy (non-hydrogen) atoms. The number of epoxide rings is 2. The van der Waals surface area contributed by atoms with Crippen LogP contribution in [0.4, 0.5) is 0 Å². The van der Waals surface area contributed by atoms with Crippen LogP contribution in [0.2, 0.25) is 0 Å². The molecule has 4 atom stereocenters. The smallest absolute Gasteiger partial charge is 0.133 e. The summed E-state index contributed by atoms with van der Waals surface area (Å²) in [5, 5.41) is 0. The highest BCUT2D eigenvalue weighted by Gasteiger charge is 2.27. The summed E-state index contributed by atoms with van der Waals surface area (Å²) in [7, 11) is 0. The SMILES string of the molecule is CCC(OCC1CO1)c1ccccc1Oc1ccccc1C(CC)OCC1CO1. The molecule has 2 saturated heterocycles. The first-order valence-electron chi connectivity index (χ1n) is 10.6. The molecule has 0 bridgehead atoms. The van der Waals surface area contributed by atoms with Crippen molar-refractivity contribution in [1.82, 2.24) is 0 Å². The van der Waals surface area contributed by atoms with E-state index in [1.807, 2.05) is 36.4 Å². The molecule has 2 aliphatic heterocycles. The molecule has 5 nitrogen and oxygen atoms in total. The van der Waals surface area contributed by atoms with Crippen molar-refractivity contribution >= 4 is 0 Å². The molecule has 2 aliphatic rings. The molecule has 5 heteroatoms. The van der Waals surface area contributed by atoms with Gasteiger partial charge in [-0.3, -0.25) is 0 Å². The number of hydrogen-bond donors (Lipinski definition) is 0. The Bertz CT molecular complexity index is 719. The Morgan fingerprint density at radius 2 is 1.17 bits per heavy atom. The molecule has 0 saturated carbocycles. The van der Waals surface area contributed by atoms with Gasteiger partial charge in [0, 0.05) is 11.1 Å². The Kier molecular flexibility index (Phi) is 6.82. The van der Waals surface area contributed by atoms with Crippen molar-refractivity contribution in [3.8, 4) is 11.5 Å². The maximum Gasteiger partial charge on any atom is 0.133 e. The van der Waals surface area contributed by atoms with E-state index >= 15 is 0 Å². The second-order valence-corrected chi connectivity index (χ2v) is 7.55. The Morgan fingerprint density at radius 1 is 0.759 bits per heavy atom. The highest BCUT2D eigenvalue weighted by molar-refractivity contribution is 5.43. The molecule has 4 unspecified atom stereocenters. The molecule has 2 aromatic carbocycles. The van der Waals surface area contributed by atoms with Crippen molar-refractivity contribution in [2.75, 3.05) is 26.4 Å². The first kappa shape index (κ1) is 20.4. The van der Waals surface area contributed by atoms with Gasteiger partial charge in [-0.2, -0.15) is 0 Å². The minimum Gasteiger partial charge on any atom is -0.457 e. The third-order valence-corrected chi connectivity index (χ3v) is 5.26. The largest absolute Gasteiger partial charge is 0.457 e. The van der Waals surface area contributed by atoms with Crippen LogP contribution in [0.15, 0.2) is 48.5 Å². The van der Waals surface area contributed by atoms with Crippen molar-refractivity contribution in [2.24, 2.45) is 0 Å². The van der Waals surface area contributed by atoms with Crippen molar-refractivity contribution in [3.05, 3.63) is 59.7 Å². The van der Waals surface area contributed by atoms with Crippen LogP contribution in [-0.4, -0.2) is 38.6 Å². The number of benzene rings is 2. The van der Waals surface area contributed by atoms with Crippen molar-refractivity contribution in [1.29, 1.82) is 0 Å². The van der Waals surface area contributed by atoms with E-state index < -0.39 is 0 Å². The Balaban J connectivity index is 1.52. The molecule has 0 N–H and O–H groups in total. The van der Waals surface area contributed by atoms with Gasteiger partial charge >= 0.3 is 0 Å². The lowest BCUT2D eigenvalue weighted by Gasteiger charge is -2.22. The molecule has 4 rings (SSSR count). The van der Waals surface area contributed by atoms with Crippen molar-refractivity contribution < 1.29 is 23.7 Å². The summed E-state index contributed by atoms with van der Waals surface area (Å²) in [4.78, 5) is 0. The van der Waals surface area contributed by atoms with Crippen molar-refractivity contribution in [3.63, 3.8) is 0 Å². The minimum absolute atomic E-state index is 0.0206. The van der Waals surface area contributed by atoms with Crippen LogP contribution >= 0.6 is 0 Å². The minimum atomic E-state index is -0.0206. The third kappa shape index (κ3) is 5.58. The molecule has 0 aliphatic carbocycles. The normalized spacial score (nSPS) is 22.1. The van der Waals surface area contributed by atoms with Crippen LogP contribution < -0.4 is 4.74 Å². The van der Waals surface area contributed by atoms with E-state index in [1.165, 1.54) is 0 Å². The van der Waals surface area contributed by atoms with Gasteiger partial charge in [0.2, 0.25) is 0 Å². The summed E-state index contributed by atoms with van der Waals surface area (Å²) < 4.78 is 29.2. The molecule has 2 fully saturated rings. The first-order valence-corrected chi connectivity index (χ1v) is 10.6. The molecule has 2 aromatic rings. The zero-order valence-corrected chi connectivity index (χ0v) is 17.2. The van der Waals surface area contributed by atoms with Crippen LogP contribution in [0.5, 0.6) is 11.5 Å². The monoisotopic (exact) mass is 398 g/mol. The van der Waals surface area contributed by atoms with Crippen LogP contribution in [0.1, 0.15) is 50.0 Å². The molecule has 156 valence electrons. The summed E-state index contributed by atoms with van der Waals surface area (Å²) in [6, 6.07) is 16.2. The molecular weight excluding hydrogens is 368 g/mol. The fourth-order valence-electron chi connectivity index (χ4n) is 3.43. The van der Waals surface area contributed by atoms with Gasteiger partial charge in [0.1, 0.15) is 23.7 Å². The lowest BCUT2D eigenvalue weighted by atomic mass is 10.0. The predicted molar refractivity (Wildman–Crippen MR) is 110 cm³/mol. The Morgan fingerprint density at radius 3 is 1.55 bits per heavy atom. The molecular formula is C24H30O5. The number of rotatable bonds is 12. The van der Waals surface area contributed by atoms with E-state index in [2.05, 4.69) is 26.0 Å². The zero-order valence-electron chi connectivity index (χ0n) is 17.2. The molecule has 0 aromatic heterocycles. The second kappa shape index (κ2) is 9.72. The van der Waals surface area contributed by atoms with E-state index in [0.29, 0.717) is 13.2 Å². The summed E-state index contributed by atoms with van der Waals surface area (Å²) in [5.41, 5.74) is 2.12. The number of para-hydroxylation sites is 2. The average molecular weight is 398 g/mol. The summed E-state index contributed by atoms with van der Waals surface area (Å²) in [6.45, 7) is 7.10. The van der Waals surface area contributed by atoms with Crippen LogP contribution in [0, 0.1) is 0 Å². The van der Waals surface area contributed by atoms with Gasteiger partial charge in [-0.15, -0.1) is 0 Å². The summed E-state index contributed by atoms with van der Waals surface area (Å²) >= 11 is 0. The van der Waals surface area contributed by atoms with Gasteiger partial charge in [0.25, 0.3) is 0 Å². The maximum absolute atomic E-state index is 6.43. The van der Waals surface area contributed by atoms with Gasteiger partial charge in [0.15, 0.2) is 0 Å². The second-order valence-electron chi connectivity index (χ2n) is 7.55. The van der Waals surface area contributed by atoms with Gasteiger partial charge in [-0.05, 0) is 25.0 Å². The van der Waals surface area contributed by atoms with Crippen LogP contribution in [0.3, 0.4) is 0 Å². The van der Waals surface area contributed by atoms with E-state index in [9.17, 15) is 0 Å². The summed E-state index contributed by atoms with van der Waals surface area (Å²) in [5.74, 6) is 1.65. The molecule has 0 amide bonds. The Hall–Kier alpha value is -1.92. The first-order chi connectivity index (χ1) is 14.3. The van der Waals surface area contributed by atoms with E-state index in [4.69, 9.17) is 23.7 Å². The number of ether oxygens (including phenoxy) is 5. The van der Waals surface area contributed by atoms with Crippen LogP contribution in [0.25, 0.3) is 0 Å². The maximum atomic E-state index is 6.43. The fourth-order valence-corrected chi connectivity index (χ4v) is 3.43. The highest BCUT2D eigenvalue weighted by atomic mass is 16.6.